The van der Waals surface area contributed by atoms with Crippen LogP contribution in [0.3, 0.4) is 0 Å². The van der Waals surface area contributed by atoms with Gasteiger partial charge in [0.25, 0.3) is 0 Å². The van der Waals surface area contributed by atoms with Crippen LogP contribution in [0, 0.1) is 6.92 Å². The van der Waals surface area contributed by atoms with Crippen LogP contribution in [0.4, 0.5) is 17.6 Å². The molecule has 1 aliphatic heterocycles. The SMILES string of the molecule is Cc1cc(NCCc2ccccc2)nc(N2CCN(c3ccccn3)CC2)n1. The van der Waals surface area contributed by atoms with Crippen LogP contribution in [0.15, 0.2) is 60.8 Å². The number of benzene rings is 1. The maximum absolute atomic E-state index is 4.76. The van der Waals surface area contributed by atoms with Crippen LogP contribution in [0.1, 0.15) is 11.3 Å². The van der Waals surface area contributed by atoms with Gasteiger partial charge in [-0.15, -0.1) is 0 Å². The van der Waals surface area contributed by atoms with Crippen LogP contribution in [0.5, 0.6) is 0 Å². The van der Waals surface area contributed by atoms with Gasteiger partial charge in [0.15, 0.2) is 0 Å². The Labute approximate surface area is 166 Å². The zero-order valence-electron chi connectivity index (χ0n) is 16.3. The van der Waals surface area contributed by atoms with E-state index in [4.69, 9.17) is 4.98 Å². The van der Waals surface area contributed by atoms with Crippen molar-refractivity contribution in [3.8, 4) is 0 Å². The highest BCUT2D eigenvalue weighted by atomic mass is 15.3. The van der Waals surface area contributed by atoms with E-state index in [0.29, 0.717) is 0 Å². The number of pyridine rings is 1. The van der Waals surface area contributed by atoms with E-state index >= 15 is 0 Å². The number of anilines is 3. The van der Waals surface area contributed by atoms with Crippen LogP contribution in [-0.2, 0) is 6.42 Å². The molecule has 6 nitrogen and oxygen atoms in total. The lowest BCUT2D eigenvalue weighted by atomic mass is 10.1. The van der Waals surface area contributed by atoms with Crippen LogP contribution >= 0.6 is 0 Å². The smallest absolute Gasteiger partial charge is 0.227 e. The molecule has 0 atom stereocenters. The average Bonchev–Trinajstić information content (AvgIpc) is 2.75. The fourth-order valence-electron chi connectivity index (χ4n) is 3.44. The van der Waals surface area contributed by atoms with Gasteiger partial charge in [-0.3, -0.25) is 0 Å². The van der Waals surface area contributed by atoms with Crippen molar-refractivity contribution in [3.63, 3.8) is 0 Å². The van der Waals surface area contributed by atoms with Crippen molar-refractivity contribution >= 4 is 17.6 Å². The molecule has 0 saturated carbocycles. The van der Waals surface area contributed by atoms with E-state index in [1.807, 2.05) is 37.4 Å². The first-order chi connectivity index (χ1) is 13.8. The second-order valence-electron chi connectivity index (χ2n) is 7.02. The largest absolute Gasteiger partial charge is 0.370 e. The van der Waals surface area contributed by atoms with Crippen molar-refractivity contribution in [3.05, 3.63) is 72.1 Å². The van der Waals surface area contributed by atoms with E-state index in [1.54, 1.807) is 0 Å². The summed E-state index contributed by atoms with van der Waals surface area (Å²) in [5.41, 5.74) is 2.31. The molecule has 0 radical (unpaired) electrons. The third-order valence-electron chi connectivity index (χ3n) is 4.94. The predicted molar refractivity (Wildman–Crippen MR) is 114 cm³/mol. The highest BCUT2D eigenvalue weighted by Crippen LogP contribution is 2.18. The molecular weight excluding hydrogens is 348 g/mol. The minimum absolute atomic E-state index is 0.808. The van der Waals surface area contributed by atoms with E-state index in [1.165, 1.54) is 5.56 Å². The molecule has 0 bridgehead atoms. The number of aromatic nitrogens is 3. The molecule has 6 heteroatoms. The molecule has 144 valence electrons. The van der Waals surface area contributed by atoms with E-state index in [9.17, 15) is 0 Å². The zero-order chi connectivity index (χ0) is 19.2. The lowest BCUT2D eigenvalue weighted by Gasteiger charge is -2.35. The van der Waals surface area contributed by atoms with Crippen LogP contribution in [0.2, 0.25) is 0 Å². The number of rotatable bonds is 6. The van der Waals surface area contributed by atoms with Gasteiger partial charge in [0.1, 0.15) is 11.6 Å². The van der Waals surface area contributed by atoms with Crippen molar-refractivity contribution in [2.45, 2.75) is 13.3 Å². The molecule has 1 aliphatic rings. The summed E-state index contributed by atoms with van der Waals surface area (Å²) in [6, 6.07) is 18.6. The quantitative estimate of drug-likeness (QED) is 0.715. The van der Waals surface area contributed by atoms with E-state index in [2.05, 4.69) is 55.4 Å². The second-order valence-corrected chi connectivity index (χ2v) is 7.02. The van der Waals surface area contributed by atoms with Crippen LogP contribution in [-0.4, -0.2) is 47.7 Å². The second kappa shape index (κ2) is 8.69. The average molecular weight is 374 g/mol. The zero-order valence-corrected chi connectivity index (χ0v) is 16.3. The van der Waals surface area contributed by atoms with Crippen molar-refractivity contribution in [1.82, 2.24) is 15.0 Å². The van der Waals surface area contributed by atoms with Crippen molar-refractivity contribution in [2.24, 2.45) is 0 Å². The molecule has 2 aromatic heterocycles. The number of nitrogens with zero attached hydrogens (tertiary/aromatic N) is 5. The molecule has 0 aliphatic carbocycles. The lowest BCUT2D eigenvalue weighted by molar-refractivity contribution is 0.634. The fraction of sp³-hybridized carbons (Fsp3) is 0.318. The molecule has 0 unspecified atom stereocenters. The minimum Gasteiger partial charge on any atom is -0.370 e. The normalized spacial score (nSPS) is 14.2. The summed E-state index contributed by atoms with van der Waals surface area (Å²) in [5.74, 6) is 2.74. The maximum Gasteiger partial charge on any atom is 0.227 e. The van der Waals surface area contributed by atoms with Gasteiger partial charge >= 0.3 is 0 Å². The van der Waals surface area contributed by atoms with Gasteiger partial charge < -0.3 is 15.1 Å². The Morgan fingerprint density at radius 1 is 0.893 bits per heavy atom. The number of hydrogen-bond acceptors (Lipinski definition) is 6. The first-order valence-electron chi connectivity index (χ1n) is 9.82. The van der Waals surface area contributed by atoms with E-state index in [-0.39, 0.29) is 0 Å². The molecule has 0 spiro atoms. The Balaban J connectivity index is 1.36. The molecule has 1 fully saturated rings. The molecule has 0 amide bonds. The summed E-state index contributed by atoms with van der Waals surface area (Å²) in [5, 5.41) is 3.45. The monoisotopic (exact) mass is 374 g/mol. The predicted octanol–water partition coefficient (Wildman–Crippen LogP) is 3.16. The highest BCUT2D eigenvalue weighted by molar-refractivity contribution is 5.46. The Morgan fingerprint density at radius 2 is 1.64 bits per heavy atom. The topological polar surface area (TPSA) is 57.2 Å². The Morgan fingerprint density at radius 3 is 2.39 bits per heavy atom. The number of aryl methyl sites for hydroxylation is 1. The van der Waals surface area contributed by atoms with Gasteiger partial charge in [0, 0.05) is 50.7 Å². The molecule has 1 aromatic carbocycles. The molecule has 4 rings (SSSR count). The Hall–Kier alpha value is -3.15. The summed E-state index contributed by atoms with van der Waals surface area (Å²) in [6.45, 7) is 6.51. The summed E-state index contributed by atoms with van der Waals surface area (Å²) < 4.78 is 0. The molecule has 3 aromatic rings. The molecule has 28 heavy (non-hydrogen) atoms. The van der Waals surface area contributed by atoms with Crippen LogP contribution < -0.4 is 15.1 Å². The Kier molecular flexibility index (Phi) is 5.66. The van der Waals surface area contributed by atoms with Gasteiger partial charge in [-0.2, -0.15) is 4.98 Å². The van der Waals surface area contributed by atoms with Crippen LogP contribution in [0.25, 0.3) is 0 Å². The van der Waals surface area contributed by atoms with Crippen molar-refractivity contribution < 1.29 is 0 Å². The molecule has 1 N–H and O–H groups in total. The summed E-state index contributed by atoms with van der Waals surface area (Å²) in [6.07, 6.45) is 2.82. The first-order valence-corrected chi connectivity index (χ1v) is 9.82. The summed E-state index contributed by atoms with van der Waals surface area (Å²) >= 11 is 0. The third-order valence-corrected chi connectivity index (χ3v) is 4.94. The van der Waals surface area contributed by atoms with E-state index in [0.717, 1.165) is 62.4 Å². The number of piperazine rings is 1. The van der Waals surface area contributed by atoms with Gasteiger partial charge in [0.2, 0.25) is 5.95 Å². The van der Waals surface area contributed by atoms with Gasteiger partial charge in [-0.05, 0) is 31.0 Å². The third kappa shape index (κ3) is 4.57. The first kappa shape index (κ1) is 18.2. The summed E-state index contributed by atoms with van der Waals surface area (Å²) in [4.78, 5) is 18.4. The van der Waals surface area contributed by atoms with Gasteiger partial charge in [-0.1, -0.05) is 36.4 Å². The standard InChI is InChI=1S/C22H26N6/c1-18-17-20(23-12-10-19-7-3-2-4-8-19)26-22(25-18)28-15-13-27(14-16-28)21-9-5-6-11-24-21/h2-9,11,17H,10,12-16H2,1H3,(H,23,25,26). The number of nitrogens with one attached hydrogen (secondary N) is 1. The molecule has 1 saturated heterocycles. The maximum atomic E-state index is 4.76. The van der Waals surface area contributed by atoms with Crippen molar-refractivity contribution in [1.29, 1.82) is 0 Å². The number of hydrogen-bond donors (Lipinski definition) is 1. The lowest BCUT2D eigenvalue weighted by Crippen LogP contribution is -2.47. The molecule has 3 heterocycles. The Bertz CT molecular complexity index is 876. The minimum atomic E-state index is 0.808. The summed E-state index contributed by atoms with van der Waals surface area (Å²) in [7, 11) is 0. The van der Waals surface area contributed by atoms with Crippen molar-refractivity contribution in [2.75, 3.05) is 47.8 Å². The fourth-order valence-corrected chi connectivity index (χ4v) is 3.44. The van der Waals surface area contributed by atoms with E-state index < -0.39 is 0 Å². The molecular formula is C22H26N6. The van der Waals surface area contributed by atoms with Gasteiger partial charge in [0.05, 0.1) is 0 Å². The highest BCUT2D eigenvalue weighted by Gasteiger charge is 2.20. The van der Waals surface area contributed by atoms with Gasteiger partial charge in [-0.25, -0.2) is 9.97 Å².